The van der Waals surface area contributed by atoms with Gasteiger partial charge in [0.25, 0.3) is 5.91 Å². The van der Waals surface area contributed by atoms with E-state index in [2.05, 4.69) is 22.6 Å². The molecule has 0 bridgehead atoms. The maximum absolute atomic E-state index is 12.5. The summed E-state index contributed by atoms with van der Waals surface area (Å²) >= 11 is 2.22. The minimum Gasteiger partial charge on any atom is -0.383 e. The van der Waals surface area contributed by atoms with Gasteiger partial charge in [-0.3, -0.25) is 4.79 Å². The second-order valence-corrected chi connectivity index (χ2v) is 5.55. The third-order valence-electron chi connectivity index (χ3n) is 2.83. The molecular formula is C14H20INO3. The Labute approximate surface area is 128 Å². The molecule has 1 rings (SSSR count). The van der Waals surface area contributed by atoms with Gasteiger partial charge in [-0.05, 0) is 53.8 Å². The lowest BCUT2D eigenvalue weighted by molar-refractivity contribution is 0.0479. The Hall–Kier alpha value is -0.660. The van der Waals surface area contributed by atoms with Gasteiger partial charge in [0.1, 0.15) is 0 Å². The molecule has 0 saturated carbocycles. The lowest BCUT2D eigenvalue weighted by atomic mass is 10.1. The Bertz CT molecular complexity index is 394. The SMILES string of the molecule is COCCN(C(=O)c1ccc(I)cc1)C(C)COC. The zero-order valence-electron chi connectivity index (χ0n) is 11.6. The van der Waals surface area contributed by atoms with Crippen molar-refractivity contribution in [2.45, 2.75) is 13.0 Å². The number of ether oxygens (including phenoxy) is 2. The molecule has 1 unspecified atom stereocenters. The number of halogens is 1. The number of benzene rings is 1. The molecule has 0 aliphatic rings. The fraction of sp³-hybridized carbons (Fsp3) is 0.500. The highest BCUT2D eigenvalue weighted by molar-refractivity contribution is 14.1. The van der Waals surface area contributed by atoms with E-state index < -0.39 is 0 Å². The molecule has 0 radical (unpaired) electrons. The molecule has 19 heavy (non-hydrogen) atoms. The van der Waals surface area contributed by atoms with E-state index in [1.807, 2.05) is 31.2 Å². The first-order valence-electron chi connectivity index (χ1n) is 6.14. The zero-order valence-corrected chi connectivity index (χ0v) is 13.7. The Kier molecular flexibility index (Phi) is 7.33. The molecule has 0 saturated heterocycles. The van der Waals surface area contributed by atoms with Crippen LogP contribution in [0.4, 0.5) is 0 Å². The second kappa shape index (κ2) is 8.50. The van der Waals surface area contributed by atoms with E-state index >= 15 is 0 Å². The highest BCUT2D eigenvalue weighted by Gasteiger charge is 2.21. The number of rotatable bonds is 7. The maximum Gasteiger partial charge on any atom is 0.254 e. The molecule has 0 N–H and O–H groups in total. The van der Waals surface area contributed by atoms with E-state index in [0.29, 0.717) is 25.3 Å². The molecule has 4 nitrogen and oxygen atoms in total. The van der Waals surface area contributed by atoms with Crippen LogP contribution in [0.5, 0.6) is 0 Å². The minimum absolute atomic E-state index is 0.0120. The van der Waals surface area contributed by atoms with Crippen LogP contribution in [-0.2, 0) is 9.47 Å². The van der Waals surface area contributed by atoms with E-state index in [0.717, 1.165) is 3.57 Å². The lowest BCUT2D eigenvalue weighted by Crippen LogP contribution is -2.43. The normalized spacial score (nSPS) is 12.2. The standard InChI is InChI=1S/C14H20INO3/c1-11(10-19-3)16(8-9-18-2)14(17)12-4-6-13(15)7-5-12/h4-7,11H,8-10H2,1-3H3. The summed E-state index contributed by atoms with van der Waals surface area (Å²) in [6.45, 7) is 3.57. The number of carbonyl (C=O) groups is 1. The molecule has 1 atom stereocenters. The smallest absolute Gasteiger partial charge is 0.254 e. The van der Waals surface area contributed by atoms with Crippen LogP contribution >= 0.6 is 22.6 Å². The average Bonchev–Trinajstić information content (AvgIpc) is 2.40. The van der Waals surface area contributed by atoms with Gasteiger partial charge in [0, 0.05) is 29.9 Å². The summed E-state index contributed by atoms with van der Waals surface area (Å²) in [7, 11) is 3.27. The predicted molar refractivity (Wildman–Crippen MR) is 83.4 cm³/mol. The summed E-state index contributed by atoms with van der Waals surface area (Å²) < 4.78 is 11.3. The summed E-state index contributed by atoms with van der Waals surface area (Å²) in [5.41, 5.74) is 0.694. The van der Waals surface area contributed by atoms with Crippen molar-refractivity contribution in [3.8, 4) is 0 Å². The molecule has 0 aromatic heterocycles. The van der Waals surface area contributed by atoms with E-state index in [1.165, 1.54) is 0 Å². The van der Waals surface area contributed by atoms with Crippen LogP contribution in [0.3, 0.4) is 0 Å². The molecule has 106 valence electrons. The maximum atomic E-state index is 12.5. The van der Waals surface area contributed by atoms with Crippen molar-refractivity contribution in [1.29, 1.82) is 0 Å². The first kappa shape index (κ1) is 16.4. The molecule has 1 aromatic rings. The van der Waals surface area contributed by atoms with Crippen molar-refractivity contribution < 1.29 is 14.3 Å². The van der Waals surface area contributed by atoms with Crippen LogP contribution in [0.15, 0.2) is 24.3 Å². The Morgan fingerprint density at radius 2 is 1.89 bits per heavy atom. The van der Waals surface area contributed by atoms with Crippen LogP contribution in [0.25, 0.3) is 0 Å². The molecule has 5 heteroatoms. The van der Waals surface area contributed by atoms with Gasteiger partial charge >= 0.3 is 0 Å². The van der Waals surface area contributed by atoms with Crippen LogP contribution in [0, 0.1) is 3.57 Å². The quantitative estimate of drug-likeness (QED) is 0.686. The van der Waals surface area contributed by atoms with Gasteiger partial charge in [0.15, 0.2) is 0 Å². The van der Waals surface area contributed by atoms with E-state index in [4.69, 9.17) is 9.47 Å². The Balaban J connectivity index is 2.83. The summed E-state index contributed by atoms with van der Waals surface area (Å²) in [6, 6.07) is 7.59. The number of carbonyl (C=O) groups excluding carboxylic acids is 1. The van der Waals surface area contributed by atoms with E-state index in [1.54, 1.807) is 19.1 Å². The van der Waals surface area contributed by atoms with Crippen LogP contribution in [0.1, 0.15) is 17.3 Å². The van der Waals surface area contributed by atoms with Crippen molar-refractivity contribution in [2.24, 2.45) is 0 Å². The molecule has 1 amide bonds. The topological polar surface area (TPSA) is 38.8 Å². The monoisotopic (exact) mass is 377 g/mol. The number of amides is 1. The molecule has 0 fully saturated rings. The summed E-state index contributed by atoms with van der Waals surface area (Å²) in [6.07, 6.45) is 0. The average molecular weight is 377 g/mol. The number of methoxy groups -OCH3 is 2. The Morgan fingerprint density at radius 3 is 2.42 bits per heavy atom. The zero-order chi connectivity index (χ0) is 14.3. The third-order valence-corrected chi connectivity index (χ3v) is 3.55. The van der Waals surface area contributed by atoms with E-state index in [9.17, 15) is 4.79 Å². The van der Waals surface area contributed by atoms with Gasteiger partial charge in [0.2, 0.25) is 0 Å². The second-order valence-electron chi connectivity index (χ2n) is 4.30. The third kappa shape index (κ3) is 5.08. The largest absolute Gasteiger partial charge is 0.383 e. The van der Waals surface area contributed by atoms with Gasteiger partial charge in [-0.1, -0.05) is 0 Å². The fourth-order valence-electron chi connectivity index (χ4n) is 1.80. The number of hydrogen-bond donors (Lipinski definition) is 0. The Morgan fingerprint density at radius 1 is 1.26 bits per heavy atom. The van der Waals surface area contributed by atoms with Crippen molar-refractivity contribution in [2.75, 3.05) is 34.0 Å². The highest BCUT2D eigenvalue weighted by Crippen LogP contribution is 2.12. The van der Waals surface area contributed by atoms with Gasteiger partial charge in [0.05, 0.1) is 19.3 Å². The summed E-state index contributed by atoms with van der Waals surface area (Å²) in [5.74, 6) is 0.0120. The van der Waals surface area contributed by atoms with Gasteiger partial charge < -0.3 is 14.4 Å². The molecule has 0 spiro atoms. The van der Waals surface area contributed by atoms with Crippen molar-refractivity contribution in [1.82, 2.24) is 4.90 Å². The summed E-state index contributed by atoms with van der Waals surface area (Å²) in [4.78, 5) is 14.3. The van der Waals surface area contributed by atoms with Crippen molar-refractivity contribution in [3.05, 3.63) is 33.4 Å². The first-order chi connectivity index (χ1) is 9.10. The fourth-order valence-corrected chi connectivity index (χ4v) is 2.16. The van der Waals surface area contributed by atoms with Gasteiger partial charge in [-0.2, -0.15) is 0 Å². The lowest BCUT2D eigenvalue weighted by Gasteiger charge is -2.28. The van der Waals surface area contributed by atoms with Crippen LogP contribution in [0.2, 0.25) is 0 Å². The van der Waals surface area contributed by atoms with Gasteiger partial charge in [-0.25, -0.2) is 0 Å². The number of nitrogens with zero attached hydrogens (tertiary/aromatic N) is 1. The molecule has 0 aliphatic carbocycles. The van der Waals surface area contributed by atoms with Crippen molar-refractivity contribution in [3.63, 3.8) is 0 Å². The summed E-state index contributed by atoms with van der Waals surface area (Å²) in [5, 5.41) is 0. The van der Waals surface area contributed by atoms with Crippen LogP contribution < -0.4 is 0 Å². The minimum atomic E-state index is 0.0120. The first-order valence-corrected chi connectivity index (χ1v) is 7.22. The highest BCUT2D eigenvalue weighted by atomic mass is 127. The number of hydrogen-bond acceptors (Lipinski definition) is 3. The van der Waals surface area contributed by atoms with E-state index in [-0.39, 0.29) is 11.9 Å². The molecule has 1 aromatic carbocycles. The van der Waals surface area contributed by atoms with Crippen LogP contribution in [-0.4, -0.2) is 50.8 Å². The van der Waals surface area contributed by atoms with Gasteiger partial charge in [-0.15, -0.1) is 0 Å². The van der Waals surface area contributed by atoms with Crippen molar-refractivity contribution >= 4 is 28.5 Å². The molecule has 0 aliphatic heterocycles. The molecule has 0 heterocycles. The molecular weight excluding hydrogens is 357 g/mol. The predicted octanol–water partition coefficient (Wildman–Crippen LogP) is 2.41.